The van der Waals surface area contributed by atoms with E-state index in [2.05, 4.69) is 38.2 Å². The molecule has 0 heterocycles. The largest absolute Gasteiger partial charge is 0.461 e. The summed E-state index contributed by atoms with van der Waals surface area (Å²) >= 11 is 0. The van der Waals surface area contributed by atoms with Crippen LogP contribution in [0.3, 0.4) is 0 Å². The van der Waals surface area contributed by atoms with Gasteiger partial charge < -0.3 is 4.74 Å². The summed E-state index contributed by atoms with van der Waals surface area (Å²) in [6.45, 7) is 4.32. The van der Waals surface area contributed by atoms with E-state index in [1.807, 2.05) is 0 Å². The van der Waals surface area contributed by atoms with Crippen LogP contribution in [0.1, 0.15) is 52.4 Å². The van der Waals surface area contributed by atoms with Crippen molar-refractivity contribution in [3.63, 3.8) is 0 Å². The quantitative estimate of drug-likeness (QED) is 0.641. The van der Waals surface area contributed by atoms with E-state index < -0.39 is 0 Å². The highest BCUT2D eigenvalue weighted by Crippen LogP contribution is 2.48. The molecule has 0 amide bonds. The summed E-state index contributed by atoms with van der Waals surface area (Å²) < 4.78 is 5.74. The van der Waals surface area contributed by atoms with Crippen LogP contribution in [0.15, 0.2) is 24.3 Å². The van der Waals surface area contributed by atoms with Crippen LogP contribution in [-0.2, 0) is 9.53 Å². The second kappa shape index (κ2) is 6.93. The van der Waals surface area contributed by atoms with E-state index in [0.717, 1.165) is 12.8 Å². The number of hydrogen-bond acceptors (Lipinski definition) is 2. The molecule has 2 aliphatic carbocycles. The molecule has 4 atom stereocenters. The Balaban J connectivity index is 1.90. The second-order valence-electron chi connectivity index (χ2n) is 5.79. The van der Waals surface area contributed by atoms with E-state index >= 15 is 0 Å². The van der Waals surface area contributed by atoms with Crippen molar-refractivity contribution in [1.82, 2.24) is 0 Å². The lowest BCUT2D eigenvalue weighted by Crippen LogP contribution is -2.52. The van der Waals surface area contributed by atoms with E-state index in [9.17, 15) is 4.79 Å². The molecule has 2 aliphatic rings. The molecule has 2 heteroatoms. The molecule has 0 aromatic heterocycles. The Morgan fingerprint density at radius 2 is 1.74 bits per heavy atom. The van der Waals surface area contributed by atoms with Crippen molar-refractivity contribution in [2.45, 2.75) is 58.5 Å². The summed E-state index contributed by atoms with van der Waals surface area (Å²) in [5.41, 5.74) is 0. The number of unbranched alkanes of at least 4 members (excludes halogenated alkanes) is 2. The third-order valence-electron chi connectivity index (χ3n) is 4.41. The fourth-order valence-electron chi connectivity index (χ4n) is 3.25. The van der Waals surface area contributed by atoms with E-state index in [4.69, 9.17) is 4.74 Å². The number of carbonyl (C=O) groups excluding carboxylic acids is 1. The molecule has 0 N–H and O–H groups in total. The van der Waals surface area contributed by atoms with Gasteiger partial charge in [0.2, 0.25) is 0 Å². The Morgan fingerprint density at radius 3 is 2.42 bits per heavy atom. The molecule has 19 heavy (non-hydrogen) atoms. The van der Waals surface area contributed by atoms with Gasteiger partial charge in [-0.15, -0.1) is 0 Å². The van der Waals surface area contributed by atoms with Gasteiger partial charge in [-0.1, -0.05) is 57.4 Å². The molecule has 1 fully saturated rings. The number of carbonyl (C=O) groups is 1. The van der Waals surface area contributed by atoms with Crippen LogP contribution in [0.2, 0.25) is 0 Å². The highest BCUT2D eigenvalue weighted by atomic mass is 16.5. The number of hydrogen-bond donors (Lipinski definition) is 0. The fourth-order valence-corrected chi connectivity index (χ4v) is 3.25. The molecule has 2 nitrogen and oxygen atoms in total. The highest BCUT2D eigenvalue weighted by Gasteiger charge is 2.49. The first kappa shape index (κ1) is 14.4. The molecule has 0 bridgehead atoms. The van der Waals surface area contributed by atoms with Crippen molar-refractivity contribution < 1.29 is 9.53 Å². The zero-order chi connectivity index (χ0) is 13.7. The van der Waals surface area contributed by atoms with Gasteiger partial charge in [0.15, 0.2) is 0 Å². The minimum atomic E-state index is -0.00486. The Bertz CT molecular complexity index is 356. The molecule has 0 aromatic carbocycles. The van der Waals surface area contributed by atoms with Crippen LogP contribution in [0.4, 0.5) is 0 Å². The topological polar surface area (TPSA) is 26.3 Å². The van der Waals surface area contributed by atoms with Crippen LogP contribution in [-0.4, -0.2) is 12.1 Å². The van der Waals surface area contributed by atoms with Crippen molar-refractivity contribution >= 4 is 5.97 Å². The van der Waals surface area contributed by atoms with Crippen LogP contribution in [0.5, 0.6) is 0 Å². The third-order valence-corrected chi connectivity index (χ3v) is 4.41. The van der Waals surface area contributed by atoms with Crippen molar-refractivity contribution in [2.24, 2.45) is 17.8 Å². The van der Waals surface area contributed by atoms with Gasteiger partial charge >= 0.3 is 5.97 Å². The molecule has 0 aliphatic heterocycles. The van der Waals surface area contributed by atoms with Crippen LogP contribution in [0.25, 0.3) is 0 Å². The SMILES string of the molecule is CCCCC(=O)O[C@@H]1[C@@H]2C=CC=C[C@H]2[C@H]1CCCC. The standard InChI is InChI=1S/C17H26O2/c1-3-5-9-14-13-10-7-8-11-15(13)17(14)19-16(18)12-6-4-2/h7-8,10-11,13-15,17H,3-6,9,12H2,1-2H3/t13-,14+,15+,17-/m0/s1. The summed E-state index contributed by atoms with van der Waals surface area (Å²) in [5, 5.41) is 0. The molecule has 0 spiro atoms. The lowest BCUT2D eigenvalue weighted by atomic mass is 9.59. The summed E-state index contributed by atoms with van der Waals surface area (Å²) in [6, 6.07) is 0. The van der Waals surface area contributed by atoms with Crippen molar-refractivity contribution in [1.29, 1.82) is 0 Å². The molecule has 2 rings (SSSR count). The normalized spacial score (nSPS) is 31.7. The van der Waals surface area contributed by atoms with Crippen molar-refractivity contribution in [3.05, 3.63) is 24.3 Å². The second-order valence-corrected chi connectivity index (χ2v) is 5.79. The van der Waals surface area contributed by atoms with Crippen molar-refractivity contribution in [3.8, 4) is 0 Å². The number of esters is 1. The zero-order valence-electron chi connectivity index (χ0n) is 12.2. The molecule has 0 unspecified atom stereocenters. The molecular weight excluding hydrogens is 236 g/mol. The Kier molecular flexibility index (Phi) is 5.24. The van der Waals surface area contributed by atoms with Crippen LogP contribution >= 0.6 is 0 Å². The average molecular weight is 262 g/mol. The van der Waals surface area contributed by atoms with Crippen molar-refractivity contribution in [2.75, 3.05) is 0 Å². The number of ether oxygens (including phenoxy) is 1. The van der Waals surface area contributed by atoms with Gasteiger partial charge in [0.25, 0.3) is 0 Å². The lowest BCUT2D eigenvalue weighted by molar-refractivity contribution is -0.169. The third kappa shape index (κ3) is 3.29. The van der Waals surface area contributed by atoms with Gasteiger partial charge in [0.05, 0.1) is 0 Å². The van der Waals surface area contributed by atoms with E-state index in [1.54, 1.807) is 0 Å². The van der Waals surface area contributed by atoms with Gasteiger partial charge in [-0.3, -0.25) is 4.79 Å². The Hall–Kier alpha value is -1.05. The summed E-state index contributed by atoms with van der Waals surface area (Å²) in [7, 11) is 0. The number of fused-ring (bicyclic) bond motifs is 1. The Labute approximate surface area is 116 Å². The molecular formula is C17H26O2. The van der Waals surface area contributed by atoms with Crippen LogP contribution < -0.4 is 0 Å². The zero-order valence-corrected chi connectivity index (χ0v) is 12.2. The molecule has 106 valence electrons. The molecule has 0 radical (unpaired) electrons. The first-order chi connectivity index (χ1) is 9.27. The van der Waals surface area contributed by atoms with Gasteiger partial charge in [0.1, 0.15) is 6.10 Å². The Morgan fingerprint density at radius 1 is 1.05 bits per heavy atom. The predicted molar refractivity (Wildman–Crippen MR) is 77.7 cm³/mol. The van der Waals surface area contributed by atoms with E-state index in [0.29, 0.717) is 24.2 Å². The number of rotatable bonds is 7. The van der Waals surface area contributed by atoms with Gasteiger partial charge in [0, 0.05) is 18.3 Å². The lowest BCUT2D eigenvalue weighted by Gasteiger charge is -2.50. The fraction of sp³-hybridized carbons (Fsp3) is 0.706. The summed E-state index contributed by atoms with van der Waals surface area (Å²) in [6.07, 6.45) is 15.0. The average Bonchev–Trinajstić information content (AvgIpc) is 2.43. The van der Waals surface area contributed by atoms with Gasteiger partial charge in [-0.25, -0.2) is 0 Å². The summed E-state index contributed by atoms with van der Waals surface area (Å²) in [5.74, 6) is 1.56. The number of allylic oxidation sites excluding steroid dienone is 3. The maximum Gasteiger partial charge on any atom is 0.306 e. The smallest absolute Gasteiger partial charge is 0.306 e. The van der Waals surface area contributed by atoms with E-state index in [1.165, 1.54) is 19.3 Å². The predicted octanol–water partition coefficient (Wildman–Crippen LogP) is 4.27. The van der Waals surface area contributed by atoms with Gasteiger partial charge in [-0.2, -0.15) is 0 Å². The maximum absolute atomic E-state index is 11.8. The first-order valence-electron chi connectivity index (χ1n) is 7.82. The molecule has 1 saturated carbocycles. The minimum Gasteiger partial charge on any atom is -0.461 e. The van der Waals surface area contributed by atoms with Crippen LogP contribution in [0, 0.1) is 17.8 Å². The monoisotopic (exact) mass is 262 g/mol. The highest BCUT2D eigenvalue weighted by molar-refractivity contribution is 5.69. The molecule has 0 aromatic rings. The minimum absolute atomic E-state index is 0.00486. The van der Waals surface area contributed by atoms with E-state index in [-0.39, 0.29) is 12.1 Å². The molecule has 0 saturated heterocycles. The summed E-state index contributed by atoms with van der Waals surface area (Å²) in [4.78, 5) is 11.8. The first-order valence-corrected chi connectivity index (χ1v) is 7.82. The maximum atomic E-state index is 11.8. The van der Waals surface area contributed by atoms with Gasteiger partial charge in [-0.05, 0) is 18.8 Å².